The molecule has 3 nitrogen and oxygen atoms in total. The predicted octanol–water partition coefficient (Wildman–Crippen LogP) is 3.12. The Morgan fingerprint density at radius 3 is 3.22 bits per heavy atom. The van der Waals surface area contributed by atoms with E-state index in [2.05, 4.69) is 55.5 Å². The topological polar surface area (TPSA) is 20.5 Å². The van der Waals surface area contributed by atoms with Crippen LogP contribution in [0.25, 0.3) is 5.52 Å². The fourth-order valence-corrected chi connectivity index (χ4v) is 3.39. The highest BCUT2D eigenvalue weighted by Crippen LogP contribution is 2.23. The molecule has 0 spiro atoms. The van der Waals surface area contributed by atoms with Crippen LogP contribution < -0.4 is 0 Å². The first-order valence-corrected chi connectivity index (χ1v) is 7.43. The van der Waals surface area contributed by atoms with Crippen molar-refractivity contribution < 1.29 is 0 Å². The number of likely N-dealkylation sites (N-methyl/N-ethyl adjacent to an activating group) is 1. The van der Waals surface area contributed by atoms with Gasteiger partial charge in [-0.3, -0.25) is 0 Å². The van der Waals surface area contributed by atoms with E-state index in [1.165, 1.54) is 25.2 Å². The highest BCUT2D eigenvalue weighted by molar-refractivity contribution is 9.10. The van der Waals surface area contributed by atoms with Crippen LogP contribution in [0.15, 0.2) is 29.0 Å². The quantitative estimate of drug-likeness (QED) is 0.868. The molecule has 0 aromatic carbocycles. The molecule has 1 unspecified atom stereocenters. The van der Waals surface area contributed by atoms with E-state index in [0.29, 0.717) is 6.04 Å². The lowest BCUT2D eigenvalue weighted by atomic mass is 10.1. The Balaban J connectivity index is 1.89. The van der Waals surface area contributed by atoms with E-state index >= 15 is 0 Å². The van der Waals surface area contributed by atoms with Gasteiger partial charge in [-0.05, 0) is 54.0 Å². The molecule has 96 valence electrons. The smallest absolute Gasteiger partial charge is 0.114 e. The van der Waals surface area contributed by atoms with Crippen molar-refractivity contribution in [2.75, 3.05) is 13.1 Å². The van der Waals surface area contributed by atoms with Gasteiger partial charge in [0, 0.05) is 23.1 Å². The molecule has 4 heteroatoms. The molecule has 0 bridgehead atoms. The molecule has 3 rings (SSSR count). The third-order valence-electron chi connectivity index (χ3n) is 3.92. The Morgan fingerprint density at radius 1 is 1.50 bits per heavy atom. The van der Waals surface area contributed by atoms with Crippen molar-refractivity contribution in [3.05, 3.63) is 34.8 Å². The Hall–Kier alpha value is -0.870. The Labute approximate surface area is 116 Å². The fourth-order valence-electron chi connectivity index (χ4n) is 2.95. The number of aromatic nitrogens is 2. The molecule has 2 aromatic heterocycles. The van der Waals surface area contributed by atoms with Crippen molar-refractivity contribution in [2.45, 2.75) is 32.2 Å². The highest BCUT2D eigenvalue weighted by atomic mass is 79.9. The molecule has 0 N–H and O–H groups in total. The van der Waals surface area contributed by atoms with E-state index in [4.69, 9.17) is 0 Å². The van der Waals surface area contributed by atoms with Gasteiger partial charge in [0.2, 0.25) is 0 Å². The third kappa shape index (κ3) is 2.08. The number of rotatable bonds is 3. The molecular weight excluding hydrogens is 290 g/mol. The summed E-state index contributed by atoms with van der Waals surface area (Å²) < 4.78 is 3.32. The molecule has 0 aliphatic carbocycles. The van der Waals surface area contributed by atoms with Crippen LogP contribution in [0.3, 0.4) is 0 Å². The third-order valence-corrected chi connectivity index (χ3v) is 4.59. The number of halogens is 1. The highest BCUT2D eigenvalue weighted by Gasteiger charge is 2.24. The summed E-state index contributed by atoms with van der Waals surface area (Å²) >= 11 is 3.58. The van der Waals surface area contributed by atoms with Crippen LogP contribution in [0.5, 0.6) is 0 Å². The maximum atomic E-state index is 4.59. The van der Waals surface area contributed by atoms with Gasteiger partial charge in [-0.1, -0.05) is 6.92 Å². The van der Waals surface area contributed by atoms with E-state index in [-0.39, 0.29) is 0 Å². The summed E-state index contributed by atoms with van der Waals surface area (Å²) in [5, 5.41) is 0. The molecule has 2 aromatic rings. The monoisotopic (exact) mass is 307 g/mol. The minimum Gasteiger partial charge on any atom is -0.303 e. The Kier molecular flexibility index (Phi) is 3.39. The lowest BCUT2D eigenvalue weighted by Gasteiger charge is -2.22. The molecule has 1 saturated heterocycles. The second kappa shape index (κ2) is 5.02. The summed E-state index contributed by atoms with van der Waals surface area (Å²) in [6, 6.07) is 4.79. The van der Waals surface area contributed by atoms with Crippen LogP contribution in [0, 0.1) is 0 Å². The van der Waals surface area contributed by atoms with E-state index in [1.54, 1.807) is 0 Å². The van der Waals surface area contributed by atoms with Crippen molar-refractivity contribution in [1.82, 2.24) is 14.3 Å². The van der Waals surface area contributed by atoms with Gasteiger partial charge in [-0.15, -0.1) is 0 Å². The lowest BCUT2D eigenvalue weighted by molar-refractivity contribution is 0.263. The van der Waals surface area contributed by atoms with Crippen molar-refractivity contribution in [2.24, 2.45) is 0 Å². The van der Waals surface area contributed by atoms with Crippen LogP contribution >= 0.6 is 15.9 Å². The van der Waals surface area contributed by atoms with Crippen molar-refractivity contribution in [3.63, 3.8) is 0 Å². The summed E-state index contributed by atoms with van der Waals surface area (Å²) in [6.07, 6.45) is 7.75. The van der Waals surface area contributed by atoms with Crippen LogP contribution in [-0.4, -0.2) is 33.4 Å². The van der Waals surface area contributed by atoms with E-state index in [0.717, 1.165) is 23.0 Å². The maximum absolute atomic E-state index is 4.59. The molecule has 1 aliphatic heterocycles. The molecular formula is C14H18BrN3. The number of pyridine rings is 1. The number of hydrogen-bond acceptors (Lipinski definition) is 2. The molecule has 1 aliphatic rings. The minimum atomic E-state index is 0.666. The van der Waals surface area contributed by atoms with Crippen LogP contribution in [0.1, 0.15) is 25.6 Å². The molecule has 3 heterocycles. The zero-order chi connectivity index (χ0) is 12.5. The number of likely N-dealkylation sites (tertiary alicyclic amines) is 1. The second-order valence-corrected chi connectivity index (χ2v) is 5.77. The van der Waals surface area contributed by atoms with Crippen molar-refractivity contribution in [1.29, 1.82) is 0 Å². The first kappa shape index (κ1) is 12.2. The molecule has 1 fully saturated rings. The Morgan fingerprint density at radius 2 is 2.39 bits per heavy atom. The second-order valence-electron chi connectivity index (χ2n) is 4.91. The van der Waals surface area contributed by atoms with Crippen LogP contribution in [-0.2, 0) is 6.42 Å². The molecule has 0 amide bonds. The molecule has 0 radical (unpaired) electrons. The zero-order valence-corrected chi connectivity index (χ0v) is 12.2. The van der Waals surface area contributed by atoms with Gasteiger partial charge in [0.25, 0.3) is 0 Å². The largest absolute Gasteiger partial charge is 0.303 e. The summed E-state index contributed by atoms with van der Waals surface area (Å²) in [4.78, 5) is 7.16. The molecule has 1 atom stereocenters. The van der Waals surface area contributed by atoms with Gasteiger partial charge in [0.1, 0.15) is 5.82 Å². The molecule has 18 heavy (non-hydrogen) atoms. The standard InChI is InChI=1S/C14H18BrN3/c1-2-17-7-3-5-11(17)9-14-16-10-13-12(15)6-4-8-18(13)14/h4,6,8,10-11H,2-3,5,7,9H2,1H3. The summed E-state index contributed by atoms with van der Waals surface area (Å²) in [6.45, 7) is 4.64. The van der Waals surface area contributed by atoms with Crippen molar-refractivity contribution >= 4 is 21.4 Å². The van der Waals surface area contributed by atoms with E-state index in [1.807, 2.05) is 6.20 Å². The first-order chi connectivity index (χ1) is 8.79. The lowest BCUT2D eigenvalue weighted by Crippen LogP contribution is -2.31. The van der Waals surface area contributed by atoms with Gasteiger partial charge < -0.3 is 9.30 Å². The van der Waals surface area contributed by atoms with Gasteiger partial charge in [-0.25, -0.2) is 4.98 Å². The number of fused-ring (bicyclic) bond motifs is 1. The average molecular weight is 308 g/mol. The maximum Gasteiger partial charge on any atom is 0.114 e. The summed E-state index contributed by atoms with van der Waals surface area (Å²) in [5.41, 5.74) is 1.16. The Bertz CT molecular complexity index is 549. The van der Waals surface area contributed by atoms with Gasteiger partial charge in [-0.2, -0.15) is 0 Å². The number of nitrogens with zero attached hydrogens (tertiary/aromatic N) is 3. The SMILES string of the molecule is CCN1CCCC1Cc1ncc2c(Br)cccn12. The summed E-state index contributed by atoms with van der Waals surface area (Å²) in [7, 11) is 0. The zero-order valence-electron chi connectivity index (χ0n) is 10.6. The van der Waals surface area contributed by atoms with Gasteiger partial charge >= 0.3 is 0 Å². The fraction of sp³-hybridized carbons (Fsp3) is 0.500. The molecule has 0 saturated carbocycles. The average Bonchev–Trinajstić information content (AvgIpc) is 2.98. The van der Waals surface area contributed by atoms with Gasteiger partial charge in [0.15, 0.2) is 0 Å². The number of imidazole rings is 1. The summed E-state index contributed by atoms with van der Waals surface area (Å²) in [5.74, 6) is 1.18. The van der Waals surface area contributed by atoms with E-state index < -0.39 is 0 Å². The predicted molar refractivity (Wildman–Crippen MR) is 76.9 cm³/mol. The van der Waals surface area contributed by atoms with Crippen LogP contribution in [0.2, 0.25) is 0 Å². The van der Waals surface area contributed by atoms with Crippen LogP contribution in [0.4, 0.5) is 0 Å². The normalized spacial score (nSPS) is 20.9. The van der Waals surface area contributed by atoms with Gasteiger partial charge in [0.05, 0.1) is 11.7 Å². The number of hydrogen-bond donors (Lipinski definition) is 0. The van der Waals surface area contributed by atoms with Crippen molar-refractivity contribution in [3.8, 4) is 0 Å². The first-order valence-electron chi connectivity index (χ1n) is 6.64. The minimum absolute atomic E-state index is 0.666. The van der Waals surface area contributed by atoms with E-state index in [9.17, 15) is 0 Å².